The van der Waals surface area contributed by atoms with E-state index in [2.05, 4.69) is 0 Å². The quantitative estimate of drug-likeness (QED) is 0.487. The minimum atomic E-state index is -0.363. The van der Waals surface area contributed by atoms with Crippen LogP contribution in [0.2, 0.25) is 0 Å². The van der Waals surface area contributed by atoms with Crippen LogP contribution in [0, 0.1) is 6.92 Å². The Bertz CT molecular complexity index is 1240. The van der Waals surface area contributed by atoms with Crippen LogP contribution in [0.4, 0.5) is 0 Å². The maximum atomic E-state index is 13.6. The van der Waals surface area contributed by atoms with Crippen LogP contribution in [0.1, 0.15) is 29.8 Å². The van der Waals surface area contributed by atoms with Gasteiger partial charge in [-0.25, -0.2) is 4.98 Å². The van der Waals surface area contributed by atoms with Gasteiger partial charge < -0.3 is 5.73 Å². The monoisotopic (exact) mass is 417 g/mol. The first kappa shape index (κ1) is 20.0. The lowest BCUT2D eigenvalue weighted by Gasteiger charge is -2.13. The summed E-state index contributed by atoms with van der Waals surface area (Å²) < 4.78 is 1.71. The number of carbonyl (C=O) groups excluding carboxylic acids is 1. The molecule has 6 heteroatoms. The third kappa shape index (κ3) is 4.19. The summed E-state index contributed by atoms with van der Waals surface area (Å²) in [6.45, 7) is 2.45. The number of hydrogen-bond donors (Lipinski definition) is 1. The molecule has 0 saturated carbocycles. The van der Waals surface area contributed by atoms with Gasteiger partial charge in [0.05, 0.1) is 5.39 Å². The second-order valence-electron chi connectivity index (χ2n) is 7.41. The van der Waals surface area contributed by atoms with E-state index < -0.39 is 0 Å². The van der Waals surface area contributed by atoms with Gasteiger partial charge in [0.2, 0.25) is 5.91 Å². The summed E-state index contributed by atoms with van der Waals surface area (Å²) >= 11 is 1.49. The van der Waals surface area contributed by atoms with Crippen molar-refractivity contribution in [1.29, 1.82) is 0 Å². The second kappa shape index (κ2) is 8.63. The molecule has 0 radical (unpaired) electrons. The highest BCUT2D eigenvalue weighted by atomic mass is 32.1. The number of aryl methyl sites for hydroxylation is 1. The number of thiophene rings is 1. The molecular weight excluding hydrogens is 394 g/mol. The number of aromatic nitrogens is 2. The van der Waals surface area contributed by atoms with Crippen molar-refractivity contribution in [1.82, 2.24) is 9.55 Å². The molecule has 2 aromatic heterocycles. The van der Waals surface area contributed by atoms with E-state index in [9.17, 15) is 9.59 Å². The van der Waals surface area contributed by atoms with Crippen LogP contribution in [0.3, 0.4) is 0 Å². The van der Waals surface area contributed by atoms with Crippen LogP contribution < -0.4 is 11.3 Å². The summed E-state index contributed by atoms with van der Waals surface area (Å²) in [5.74, 6) is 0.345. The van der Waals surface area contributed by atoms with E-state index in [0.29, 0.717) is 30.6 Å². The Balaban J connectivity index is 1.83. The molecular formula is C24H23N3O2S. The standard InChI is InChI=1S/C24H23N3O2S/c1-16-9-11-18(12-10-16)19-15-30-23-22(19)24(29)27(13-5-8-20(25)28)21(26-23)14-17-6-3-2-4-7-17/h2-4,6-7,9-12,15H,5,8,13-14H2,1H3,(H2,25,28). The molecule has 1 amide bonds. The summed E-state index contributed by atoms with van der Waals surface area (Å²) in [7, 11) is 0. The highest BCUT2D eigenvalue weighted by molar-refractivity contribution is 7.17. The molecule has 0 atom stereocenters. The first-order valence-corrected chi connectivity index (χ1v) is 10.8. The normalized spacial score (nSPS) is 11.1. The molecule has 0 aliphatic carbocycles. The van der Waals surface area contributed by atoms with Gasteiger partial charge in [0.25, 0.3) is 5.56 Å². The number of nitrogens with zero attached hydrogens (tertiary/aromatic N) is 2. The summed E-state index contributed by atoms with van der Waals surface area (Å²) in [6.07, 6.45) is 1.30. The van der Waals surface area contributed by atoms with Crippen LogP contribution in [0.5, 0.6) is 0 Å². The van der Waals surface area contributed by atoms with E-state index in [-0.39, 0.29) is 17.9 Å². The molecule has 0 fully saturated rings. The number of rotatable bonds is 7. The van der Waals surface area contributed by atoms with Crippen LogP contribution >= 0.6 is 11.3 Å². The van der Waals surface area contributed by atoms with E-state index in [1.54, 1.807) is 4.57 Å². The lowest BCUT2D eigenvalue weighted by Crippen LogP contribution is -2.26. The number of amides is 1. The minimum absolute atomic E-state index is 0.0628. The Kier molecular flexibility index (Phi) is 5.77. The number of primary amides is 1. The topological polar surface area (TPSA) is 78.0 Å². The average Bonchev–Trinajstić information content (AvgIpc) is 3.15. The molecule has 2 aromatic carbocycles. The average molecular weight is 418 g/mol. The molecule has 0 unspecified atom stereocenters. The number of nitrogens with two attached hydrogens (primary N) is 1. The first-order chi connectivity index (χ1) is 14.5. The molecule has 152 valence electrons. The lowest BCUT2D eigenvalue weighted by atomic mass is 10.0. The Morgan fingerprint density at radius 1 is 1.10 bits per heavy atom. The fraction of sp³-hybridized carbons (Fsp3) is 0.208. The second-order valence-corrected chi connectivity index (χ2v) is 8.27. The van der Waals surface area contributed by atoms with Crippen molar-refractivity contribution in [2.24, 2.45) is 5.73 Å². The molecule has 30 heavy (non-hydrogen) atoms. The summed E-state index contributed by atoms with van der Waals surface area (Å²) in [5, 5.41) is 2.64. The van der Waals surface area contributed by atoms with Gasteiger partial charge in [0.1, 0.15) is 10.7 Å². The molecule has 5 nitrogen and oxygen atoms in total. The van der Waals surface area contributed by atoms with Gasteiger partial charge in [-0.2, -0.15) is 0 Å². The molecule has 4 rings (SSSR count). The largest absolute Gasteiger partial charge is 0.370 e. The van der Waals surface area contributed by atoms with Crippen molar-refractivity contribution in [2.45, 2.75) is 32.7 Å². The Morgan fingerprint density at radius 3 is 2.53 bits per heavy atom. The van der Waals surface area contributed by atoms with Crippen molar-refractivity contribution in [3.05, 3.63) is 87.3 Å². The van der Waals surface area contributed by atoms with E-state index in [1.165, 1.54) is 16.9 Å². The van der Waals surface area contributed by atoms with Crippen LogP contribution in [0.25, 0.3) is 21.3 Å². The van der Waals surface area contributed by atoms with Crippen molar-refractivity contribution in [3.63, 3.8) is 0 Å². The van der Waals surface area contributed by atoms with Gasteiger partial charge in [-0.15, -0.1) is 11.3 Å². The summed E-state index contributed by atoms with van der Waals surface area (Å²) in [4.78, 5) is 30.4. The number of benzene rings is 2. The third-order valence-corrected chi connectivity index (χ3v) is 6.02. The number of hydrogen-bond acceptors (Lipinski definition) is 4. The molecule has 0 saturated heterocycles. The number of fused-ring (bicyclic) bond motifs is 1. The van der Waals surface area contributed by atoms with Gasteiger partial charge in [-0.3, -0.25) is 14.2 Å². The van der Waals surface area contributed by atoms with Gasteiger partial charge in [-0.05, 0) is 24.5 Å². The molecule has 0 bridgehead atoms. The van der Waals surface area contributed by atoms with Crippen molar-refractivity contribution in [2.75, 3.05) is 0 Å². The van der Waals surface area contributed by atoms with E-state index in [1.807, 2.05) is 66.9 Å². The fourth-order valence-corrected chi connectivity index (χ4v) is 4.52. The summed E-state index contributed by atoms with van der Waals surface area (Å²) in [6, 6.07) is 18.1. The lowest BCUT2D eigenvalue weighted by molar-refractivity contribution is -0.118. The predicted molar refractivity (Wildman–Crippen MR) is 122 cm³/mol. The SMILES string of the molecule is Cc1ccc(-c2csc3nc(Cc4ccccc4)n(CCCC(N)=O)c(=O)c23)cc1. The van der Waals surface area contributed by atoms with Crippen molar-refractivity contribution in [3.8, 4) is 11.1 Å². The predicted octanol–water partition coefficient (Wildman–Crippen LogP) is 4.29. The zero-order valence-corrected chi connectivity index (χ0v) is 17.6. The Hall–Kier alpha value is -3.25. The minimum Gasteiger partial charge on any atom is -0.370 e. The molecule has 4 aromatic rings. The van der Waals surface area contributed by atoms with Gasteiger partial charge in [0.15, 0.2) is 0 Å². The van der Waals surface area contributed by atoms with Gasteiger partial charge >= 0.3 is 0 Å². The van der Waals surface area contributed by atoms with Crippen LogP contribution in [-0.4, -0.2) is 15.5 Å². The van der Waals surface area contributed by atoms with Crippen molar-refractivity contribution >= 4 is 27.5 Å². The Morgan fingerprint density at radius 2 is 1.83 bits per heavy atom. The van der Waals surface area contributed by atoms with Crippen LogP contribution in [-0.2, 0) is 17.8 Å². The summed E-state index contributed by atoms with van der Waals surface area (Å²) in [5.41, 5.74) is 9.41. The third-order valence-electron chi connectivity index (χ3n) is 5.15. The Labute approximate surface area is 178 Å². The fourth-order valence-electron chi connectivity index (χ4n) is 3.57. The molecule has 2 N–H and O–H groups in total. The van der Waals surface area contributed by atoms with Crippen LogP contribution in [0.15, 0.2) is 64.8 Å². The zero-order valence-electron chi connectivity index (χ0n) is 16.8. The van der Waals surface area contributed by atoms with Gasteiger partial charge in [-0.1, -0.05) is 60.2 Å². The molecule has 0 aliphatic rings. The molecule has 0 aliphatic heterocycles. The molecule has 2 heterocycles. The van der Waals surface area contributed by atoms with E-state index in [0.717, 1.165) is 21.5 Å². The molecule has 0 spiro atoms. The van der Waals surface area contributed by atoms with Gasteiger partial charge in [0, 0.05) is 30.3 Å². The number of carbonyl (C=O) groups is 1. The smallest absolute Gasteiger partial charge is 0.262 e. The highest BCUT2D eigenvalue weighted by Gasteiger charge is 2.17. The first-order valence-electron chi connectivity index (χ1n) is 9.93. The maximum absolute atomic E-state index is 13.6. The maximum Gasteiger partial charge on any atom is 0.262 e. The van der Waals surface area contributed by atoms with E-state index in [4.69, 9.17) is 10.7 Å². The zero-order chi connectivity index (χ0) is 21.1. The van der Waals surface area contributed by atoms with Crippen molar-refractivity contribution < 1.29 is 4.79 Å². The van der Waals surface area contributed by atoms with E-state index >= 15 is 0 Å². The highest BCUT2D eigenvalue weighted by Crippen LogP contribution is 2.31.